The minimum absolute atomic E-state index is 0.157. The van der Waals surface area contributed by atoms with Gasteiger partial charge in [-0.1, -0.05) is 0 Å². The monoisotopic (exact) mass is 297 g/mol. The quantitative estimate of drug-likeness (QED) is 0.379. The van der Waals surface area contributed by atoms with Crippen LogP contribution in [-0.2, 0) is 10.7 Å². The number of nitriles is 1. The first-order valence-electron chi connectivity index (χ1n) is 5.65. The van der Waals surface area contributed by atoms with Crippen LogP contribution in [0.4, 0.5) is 5.95 Å². The summed E-state index contributed by atoms with van der Waals surface area (Å²) in [5.74, 6) is 3.02. The van der Waals surface area contributed by atoms with Gasteiger partial charge in [0.05, 0.1) is 0 Å². The predicted molar refractivity (Wildman–Crippen MR) is 83.9 cm³/mol. The third-order valence-corrected chi connectivity index (χ3v) is 3.22. The van der Waals surface area contributed by atoms with Gasteiger partial charge >= 0.3 is 122 Å². The fraction of sp³-hybridized carbons (Fsp3) is 0.0714. The maximum atomic E-state index is 9.08. The fourth-order valence-electron chi connectivity index (χ4n) is 1.78. The number of rotatable bonds is 1. The molecule has 0 atom stereocenters. The molecule has 0 saturated carbocycles. The zero-order chi connectivity index (χ0) is 14.5. The third kappa shape index (κ3) is 3.08. The van der Waals surface area contributed by atoms with Crippen molar-refractivity contribution in [1.82, 2.24) is 9.97 Å². The first-order chi connectivity index (χ1) is 9.65. The standard InChI is InChI=1S/C14H10N4PS/c1-9-10(8-15)3-2-4-12(9)13-7-11(5-6-20-19)17-14(16)18-13/h2-4,7,20H,1H3,(H2,16,17,18)/q-1. The molecule has 6 heteroatoms. The van der Waals surface area contributed by atoms with Crippen LogP contribution in [0.3, 0.4) is 0 Å². The summed E-state index contributed by atoms with van der Waals surface area (Å²) in [5.41, 5.74) is 9.23. The van der Waals surface area contributed by atoms with Crippen LogP contribution in [-0.4, -0.2) is 9.97 Å². The van der Waals surface area contributed by atoms with Crippen LogP contribution < -0.4 is 5.73 Å². The van der Waals surface area contributed by atoms with E-state index in [-0.39, 0.29) is 5.95 Å². The second kappa shape index (κ2) is 6.39. The van der Waals surface area contributed by atoms with Gasteiger partial charge in [0.1, 0.15) is 0 Å². The molecule has 0 aliphatic rings. The average Bonchev–Trinajstić information content (AvgIpc) is 2.44. The molecule has 0 aliphatic heterocycles. The van der Waals surface area contributed by atoms with Crippen LogP contribution in [0.1, 0.15) is 16.8 Å². The van der Waals surface area contributed by atoms with E-state index >= 15 is 0 Å². The van der Waals surface area contributed by atoms with Crippen molar-refractivity contribution >= 4 is 24.5 Å². The van der Waals surface area contributed by atoms with Gasteiger partial charge < -0.3 is 0 Å². The molecule has 1 heterocycles. The number of nitrogen functional groups attached to an aromatic ring is 1. The third-order valence-electron chi connectivity index (χ3n) is 2.71. The van der Waals surface area contributed by atoms with Crippen molar-refractivity contribution in [1.29, 1.82) is 5.26 Å². The van der Waals surface area contributed by atoms with E-state index in [9.17, 15) is 0 Å². The normalized spacial score (nSPS) is 9.35. The number of hydrogen-bond acceptors (Lipinski definition) is 5. The van der Waals surface area contributed by atoms with Crippen molar-refractivity contribution in [2.24, 2.45) is 0 Å². The summed E-state index contributed by atoms with van der Waals surface area (Å²) in [7, 11) is 4.67. The molecule has 4 nitrogen and oxygen atoms in total. The van der Waals surface area contributed by atoms with E-state index in [2.05, 4.69) is 35.0 Å². The molecule has 98 valence electrons. The summed E-state index contributed by atoms with van der Waals surface area (Å²) >= 11 is 0. The van der Waals surface area contributed by atoms with Crippen LogP contribution in [0.25, 0.3) is 11.3 Å². The molecule has 0 unspecified atom stereocenters. The second-order valence-electron chi connectivity index (χ2n) is 3.92. The maximum absolute atomic E-state index is 9.08. The summed E-state index contributed by atoms with van der Waals surface area (Å²) in [6, 6.07) is 9.39. The molecule has 0 bridgehead atoms. The number of aromatic nitrogens is 2. The molecule has 0 radical (unpaired) electrons. The Hall–Kier alpha value is -2.07. The van der Waals surface area contributed by atoms with E-state index < -0.39 is 0 Å². The molecule has 2 N–H and O–H groups in total. The van der Waals surface area contributed by atoms with Crippen molar-refractivity contribution in [3.8, 4) is 28.5 Å². The molecule has 0 aliphatic carbocycles. The molecule has 1 aromatic carbocycles. The van der Waals surface area contributed by atoms with E-state index in [1.807, 2.05) is 19.1 Å². The first kappa shape index (κ1) is 14.3. The number of anilines is 1. The molecule has 0 fully saturated rings. The Labute approximate surface area is 122 Å². The topological polar surface area (TPSA) is 75.6 Å². The van der Waals surface area contributed by atoms with Crippen LogP contribution in [0.15, 0.2) is 24.3 Å². The number of nitrogens with zero attached hydrogens (tertiary/aromatic N) is 3. The van der Waals surface area contributed by atoms with Gasteiger partial charge in [0, 0.05) is 0 Å². The first-order valence-corrected chi connectivity index (χ1v) is 7.70. The number of nitrogens with two attached hydrogens (primary N) is 1. The number of hydrogen-bond donors (Lipinski definition) is 1. The molecular weight excluding hydrogens is 287 g/mol. The van der Waals surface area contributed by atoms with Crippen LogP contribution >= 0.6 is 7.81 Å². The average molecular weight is 297 g/mol. The Bertz CT molecular complexity index is 822. The van der Waals surface area contributed by atoms with Gasteiger partial charge in [-0.3, -0.25) is 0 Å². The van der Waals surface area contributed by atoms with Crippen molar-refractivity contribution < 1.29 is 0 Å². The molecule has 1 aromatic heterocycles. The second-order valence-corrected chi connectivity index (χ2v) is 4.95. The van der Waals surface area contributed by atoms with Gasteiger partial charge in [-0.25, -0.2) is 0 Å². The van der Waals surface area contributed by atoms with Gasteiger partial charge in [-0.05, 0) is 0 Å². The summed E-state index contributed by atoms with van der Waals surface area (Å²) in [6.45, 7) is 1.88. The van der Waals surface area contributed by atoms with Gasteiger partial charge in [0.15, 0.2) is 0 Å². The van der Waals surface area contributed by atoms with Crippen LogP contribution in [0.2, 0.25) is 0 Å². The van der Waals surface area contributed by atoms with Gasteiger partial charge in [-0.2, -0.15) is 0 Å². The Morgan fingerprint density at radius 2 is 2.15 bits per heavy atom. The van der Waals surface area contributed by atoms with Crippen molar-refractivity contribution in [3.05, 3.63) is 41.1 Å². The Morgan fingerprint density at radius 1 is 1.35 bits per heavy atom. The summed E-state index contributed by atoms with van der Waals surface area (Å²) < 4.78 is 0. The Balaban J connectivity index is 2.63. The molecule has 2 aromatic rings. The van der Waals surface area contributed by atoms with E-state index in [1.54, 1.807) is 12.1 Å². The molecule has 0 spiro atoms. The zero-order valence-electron chi connectivity index (χ0n) is 10.6. The van der Waals surface area contributed by atoms with Crippen molar-refractivity contribution in [3.63, 3.8) is 0 Å². The van der Waals surface area contributed by atoms with Gasteiger partial charge in [0.2, 0.25) is 0 Å². The van der Waals surface area contributed by atoms with Crippen molar-refractivity contribution in [2.75, 3.05) is 5.73 Å². The number of thiol groups is 1. The molecule has 0 amide bonds. The van der Waals surface area contributed by atoms with E-state index in [4.69, 9.17) is 11.0 Å². The molecular formula is C14H10N4PS-. The molecule has 20 heavy (non-hydrogen) atoms. The summed E-state index contributed by atoms with van der Waals surface area (Å²) in [6.07, 6.45) is 0. The van der Waals surface area contributed by atoms with E-state index in [1.165, 1.54) is 0 Å². The molecule has 0 saturated heterocycles. The van der Waals surface area contributed by atoms with E-state index in [0.29, 0.717) is 27.7 Å². The van der Waals surface area contributed by atoms with Gasteiger partial charge in [-0.15, -0.1) is 0 Å². The summed E-state index contributed by atoms with van der Waals surface area (Å²) in [4.78, 5) is 8.28. The van der Waals surface area contributed by atoms with Crippen LogP contribution in [0, 0.1) is 29.4 Å². The minimum atomic E-state index is 0.157. The molecule has 2 rings (SSSR count). The Kier molecular flexibility index (Phi) is 4.58. The predicted octanol–water partition coefficient (Wildman–Crippen LogP) is 2.36. The summed E-state index contributed by atoms with van der Waals surface area (Å²) in [5, 5.41) is 11.9. The SMILES string of the molecule is Cc1c(C#N)cccc1-c1cc(C#C[SH-]#P)nc(N)n1. The van der Waals surface area contributed by atoms with E-state index in [0.717, 1.165) is 11.1 Å². The fourth-order valence-corrected chi connectivity index (χ4v) is 2.10. The van der Waals surface area contributed by atoms with Gasteiger partial charge in [0.25, 0.3) is 0 Å². The number of benzene rings is 1. The van der Waals surface area contributed by atoms with Crippen LogP contribution in [0.5, 0.6) is 0 Å². The Morgan fingerprint density at radius 3 is 2.85 bits per heavy atom. The zero-order valence-corrected chi connectivity index (χ0v) is 12.4. The van der Waals surface area contributed by atoms with Crippen molar-refractivity contribution in [2.45, 2.75) is 6.92 Å².